The van der Waals surface area contributed by atoms with Crippen LogP contribution < -0.4 is 28.4 Å². The monoisotopic (exact) mass is 490 g/mol. The van der Waals surface area contributed by atoms with Crippen LogP contribution in [0.15, 0.2) is 48.5 Å². The van der Waals surface area contributed by atoms with Gasteiger partial charge in [-0.05, 0) is 23.8 Å². The maximum Gasteiger partial charge on any atom is 0.338 e. The molecule has 9 nitrogen and oxygen atoms in total. The molecule has 0 bridgehead atoms. The van der Waals surface area contributed by atoms with E-state index in [1.165, 1.54) is 33.5 Å². The number of rotatable bonds is 7. The highest BCUT2D eigenvalue weighted by Crippen LogP contribution is 2.56. The number of carbonyl (C=O) groups excluding carboxylic acids is 2. The van der Waals surface area contributed by atoms with E-state index in [1.807, 2.05) is 6.07 Å². The first kappa shape index (κ1) is 23.1. The van der Waals surface area contributed by atoms with Crippen LogP contribution in [0.5, 0.6) is 34.5 Å². The number of carbonyl (C=O) groups is 2. The summed E-state index contributed by atoms with van der Waals surface area (Å²) in [5, 5.41) is 0. The molecule has 2 aliphatic rings. The Morgan fingerprint density at radius 2 is 1.36 bits per heavy atom. The zero-order chi connectivity index (χ0) is 25.2. The Balaban J connectivity index is 1.78. The Bertz CT molecular complexity index is 1380. The number of ether oxygens (including phenoxy) is 7. The lowest BCUT2D eigenvalue weighted by Crippen LogP contribution is -2.06. The molecular weight excluding hydrogens is 468 g/mol. The van der Waals surface area contributed by atoms with E-state index in [0.29, 0.717) is 51.0 Å². The maximum atomic E-state index is 12.9. The van der Waals surface area contributed by atoms with Crippen LogP contribution in [0, 0.1) is 0 Å². The number of ketones is 1. The molecule has 0 saturated heterocycles. The fourth-order valence-electron chi connectivity index (χ4n) is 4.17. The van der Waals surface area contributed by atoms with Gasteiger partial charge in [0.15, 0.2) is 28.8 Å². The van der Waals surface area contributed by atoms with Crippen molar-refractivity contribution in [3.05, 3.63) is 65.2 Å². The molecule has 0 spiro atoms. The molecule has 2 aliphatic heterocycles. The highest BCUT2D eigenvalue weighted by atomic mass is 16.7. The fraction of sp³-hybridized carbons (Fsp3) is 0.185. The van der Waals surface area contributed by atoms with Crippen molar-refractivity contribution in [2.75, 3.05) is 34.9 Å². The summed E-state index contributed by atoms with van der Waals surface area (Å²) in [6.07, 6.45) is 3.07. The molecule has 36 heavy (non-hydrogen) atoms. The van der Waals surface area contributed by atoms with Gasteiger partial charge in [-0.2, -0.15) is 0 Å². The smallest absolute Gasteiger partial charge is 0.338 e. The van der Waals surface area contributed by atoms with Crippen LogP contribution in [0.4, 0.5) is 0 Å². The second-order valence-electron chi connectivity index (χ2n) is 7.73. The highest BCUT2D eigenvalue weighted by molar-refractivity contribution is 6.09. The van der Waals surface area contributed by atoms with Gasteiger partial charge in [-0.25, -0.2) is 4.79 Å². The molecule has 184 valence electrons. The summed E-state index contributed by atoms with van der Waals surface area (Å²) in [5.41, 5.74) is 2.01. The summed E-state index contributed by atoms with van der Waals surface area (Å²) < 4.78 is 39.0. The standard InChI is InChI=1S/C27H22O9/c1-30-19-11-16(9-10-18(28)15-7-5-4-6-8-15)21(25-23(19)33-13-35-25)22-17(27(29)32-3)12-20(31-2)24-26(22)36-14-34-24/h4-12H,13-14H2,1-3H3/b10-9+. The molecule has 9 heteroatoms. The number of hydrogen-bond acceptors (Lipinski definition) is 9. The van der Waals surface area contributed by atoms with E-state index in [0.717, 1.165) is 0 Å². The van der Waals surface area contributed by atoms with Gasteiger partial charge in [0.25, 0.3) is 0 Å². The average molecular weight is 490 g/mol. The van der Waals surface area contributed by atoms with E-state index in [4.69, 9.17) is 33.2 Å². The van der Waals surface area contributed by atoms with Crippen LogP contribution in [0.2, 0.25) is 0 Å². The molecule has 0 unspecified atom stereocenters. The van der Waals surface area contributed by atoms with E-state index in [9.17, 15) is 9.59 Å². The first-order valence-electron chi connectivity index (χ1n) is 10.9. The first-order valence-corrected chi connectivity index (χ1v) is 10.9. The highest BCUT2D eigenvalue weighted by Gasteiger charge is 2.35. The Kier molecular flexibility index (Phi) is 6.12. The molecule has 0 amide bonds. The Morgan fingerprint density at radius 1 is 0.778 bits per heavy atom. The minimum atomic E-state index is -0.625. The summed E-state index contributed by atoms with van der Waals surface area (Å²) in [7, 11) is 4.24. The largest absolute Gasteiger partial charge is 0.493 e. The van der Waals surface area contributed by atoms with Gasteiger partial charge < -0.3 is 33.2 Å². The molecule has 0 aromatic heterocycles. The number of esters is 1. The van der Waals surface area contributed by atoms with Crippen LogP contribution in [0.1, 0.15) is 26.3 Å². The van der Waals surface area contributed by atoms with Gasteiger partial charge in [0.05, 0.1) is 26.9 Å². The zero-order valence-corrected chi connectivity index (χ0v) is 19.8. The summed E-state index contributed by atoms with van der Waals surface area (Å²) in [5.74, 6) is 1.18. The molecule has 0 atom stereocenters. The maximum absolute atomic E-state index is 12.9. The summed E-state index contributed by atoms with van der Waals surface area (Å²) in [6, 6.07) is 12.1. The quantitative estimate of drug-likeness (QED) is 0.269. The lowest BCUT2D eigenvalue weighted by atomic mass is 9.91. The van der Waals surface area contributed by atoms with E-state index >= 15 is 0 Å². The zero-order valence-electron chi connectivity index (χ0n) is 19.8. The predicted octanol–water partition coefficient (Wildman–Crippen LogP) is 4.51. The van der Waals surface area contributed by atoms with E-state index in [2.05, 4.69) is 0 Å². The molecule has 5 rings (SSSR count). The third kappa shape index (κ3) is 3.84. The third-order valence-corrected chi connectivity index (χ3v) is 5.81. The lowest BCUT2D eigenvalue weighted by molar-refractivity contribution is 0.0600. The van der Waals surface area contributed by atoms with Crippen molar-refractivity contribution in [3.63, 3.8) is 0 Å². The van der Waals surface area contributed by atoms with Gasteiger partial charge in [0.2, 0.25) is 25.1 Å². The fourth-order valence-corrected chi connectivity index (χ4v) is 4.17. The summed E-state index contributed by atoms with van der Waals surface area (Å²) >= 11 is 0. The SMILES string of the molecule is COC(=O)c1cc(OC)c2c(c1-c1c(/C=C/C(=O)c3ccccc3)cc(OC)c3c1OCO3)OCO2. The summed E-state index contributed by atoms with van der Waals surface area (Å²) in [4.78, 5) is 25.8. The van der Waals surface area contributed by atoms with E-state index in [-0.39, 0.29) is 30.7 Å². The molecule has 0 saturated carbocycles. The Labute approximate surface area is 206 Å². The van der Waals surface area contributed by atoms with Crippen molar-refractivity contribution in [2.24, 2.45) is 0 Å². The van der Waals surface area contributed by atoms with Crippen molar-refractivity contribution in [1.82, 2.24) is 0 Å². The van der Waals surface area contributed by atoms with Gasteiger partial charge >= 0.3 is 5.97 Å². The van der Waals surface area contributed by atoms with Crippen LogP contribution in [0.25, 0.3) is 17.2 Å². The van der Waals surface area contributed by atoms with Crippen LogP contribution in [-0.4, -0.2) is 46.7 Å². The Hall–Kier alpha value is -4.66. The first-order chi connectivity index (χ1) is 17.6. The van der Waals surface area contributed by atoms with Gasteiger partial charge in [0.1, 0.15) is 0 Å². The van der Waals surface area contributed by atoms with E-state index < -0.39 is 5.97 Å². The molecule has 3 aromatic carbocycles. The third-order valence-electron chi connectivity index (χ3n) is 5.81. The second-order valence-corrected chi connectivity index (χ2v) is 7.73. The number of methoxy groups -OCH3 is 3. The lowest BCUT2D eigenvalue weighted by Gasteiger charge is -2.18. The number of fused-ring (bicyclic) bond motifs is 2. The molecular formula is C27H22O9. The van der Waals surface area contributed by atoms with Crippen molar-refractivity contribution in [2.45, 2.75) is 0 Å². The van der Waals surface area contributed by atoms with Crippen molar-refractivity contribution in [3.8, 4) is 45.6 Å². The van der Waals surface area contributed by atoms with Crippen molar-refractivity contribution in [1.29, 1.82) is 0 Å². The van der Waals surface area contributed by atoms with Crippen LogP contribution in [0.3, 0.4) is 0 Å². The van der Waals surface area contributed by atoms with E-state index in [1.54, 1.807) is 36.4 Å². The van der Waals surface area contributed by atoms with Crippen LogP contribution in [-0.2, 0) is 4.74 Å². The molecule has 2 heterocycles. The number of hydrogen-bond donors (Lipinski definition) is 0. The normalized spacial score (nSPS) is 13.1. The molecule has 0 N–H and O–H groups in total. The number of allylic oxidation sites excluding steroid dienone is 1. The van der Waals surface area contributed by atoms with Crippen molar-refractivity contribution < 1.29 is 42.7 Å². The molecule has 0 aliphatic carbocycles. The summed E-state index contributed by atoms with van der Waals surface area (Å²) in [6.45, 7) is -0.130. The van der Waals surface area contributed by atoms with Crippen molar-refractivity contribution >= 4 is 17.8 Å². The second kappa shape index (κ2) is 9.53. The minimum absolute atomic E-state index is 0.0575. The number of benzene rings is 3. The van der Waals surface area contributed by atoms with Gasteiger partial charge in [-0.1, -0.05) is 36.4 Å². The van der Waals surface area contributed by atoms with Crippen LogP contribution >= 0.6 is 0 Å². The average Bonchev–Trinajstić information content (AvgIpc) is 3.61. The Morgan fingerprint density at radius 3 is 1.97 bits per heavy atom. The molecule has 3 aromatic rings. The predicted molar refractivity (Wildman–Crippen MR) is 128 cm³/mol. The minimum Gasteiger partial charge on any atom is -0.493 e. The van der Waals surface area contributed by atoms with Gasteiger partial charge in [0, 0.05) is 16.7 Å². The molecule has 0 radical (unpaired) electrons. The molecule has 0 fully saturated rings. The van der Waals surface area contributed by atoms with Gasteiger partial charge in [-0.3, -0.25) is 4.79 Å². The topological polar surface area (TPSA) is 98.8 Å². The van der Waals surface area contributed by atoms with Gasteiger partial charge in [-0.15, -0.1) is 0 Å².